The van der Waals surface area contributed by atoms with Gasteiger partial charge < -0.3 is 5.11 Å². The molecule has 0 spiro atoms. The molecule has 0 fully saturated rings. The van der Waals surface area contributed by atoms with Gasteiger partial charge in [0.2, 0.25) is 0 Å². The van der Waals surface area contributed by atoms with Crippen molar-refractivity contribution in [2.24, 2.45) is 0 Å². The summed E-state index contributed by atoms with van der Waals surface area (Å²) >= 11 is 0. The Kier molecular flexibility index (Phi) is 11.3. The first-order valence-corrected chi connectivity index (χ1v) is 7.14. The summed E-state index contributed by atoms with van der Waals surface area (Å²) in [4.78, 5) is 30.8. The summed E-state index contributed by atoms with van der Waals surface area (Å²) in [7, 11) is 0. The van der Waals surface area contributed by atoms with Gasteiger partial charge in [-0.3, -0.25) is 9.68 Å². The number of unbranched alkanes of at least 4 members (excludes halogenated alkanes) is 5. The van der Waals surface area contributed by atoms with E-state index in [9.17, 15) is 9.59 Å². The minimum atomic E-state index is -1.02. The van der Waals surface area contributed by atoms with Gasteiger partial charge in [-0.2, -0.15) is 4.89 Å². The summed E-state index contributed by atoms with van der Waals surface area (Å²) in [6, 6.07) is 0. The molecule has 0 saturated carbocycles. The molecule has 0 amide bonds. The lowest BCUT2D eigenvalue weighted by Crippen LogP contribution is -2.14. The Balaban J connectivity index is 3.40. The highest BCUT2D eigenvalue weighted by molar-refractivity contribution is 5.76. The fourth-order valence-electron chi connectivity index (χ4n) is 1.65. The highest BCUT2D eigenvalue weighted by Gasteiger charge is 2.10. The van der Waals surface area contributed by atoms with E-state index in [0.717, 1.165) is 12.8 Å². The molecule has 0 aromatic heterocycles. The van der Waals surface area contributed by atoms with E-state index in [1.54, 1.807) is 0 Å². The Morgan fingerprint density at radius 2 is 1.68 bits per heavy atom. The molecule has 112 valence electrons. The van der Waals surface area contributed by atoms with Gasteiger partial charge in [0.25, 0.3) is 0 Å². The zero-order valence-corrected chi connectivity index (χ0v) is 12.0. The van der Waals surface area contributed by atoms with Crippen LogP contribution < -0.4 is 0 Å². The van der Waals surface area contributed by atoms with Crippen LogP contribution in [0.1, 0.15) is 71.6 Å². The second-order valence-corrected chi connectivity index (χ2v) is 4.81. The Labute approximate surface area is 115 Å². The molecular formula is C14H26O5. The fraction of sp³-hybridized carbons (Fsp3) is 0.857. The van der Waals surface area contributed by atoms with E-state index >= 15 is 0 Å². The first kappa shape index (κ1) is 17.9. The van der Waals surface area contributed by atoms with Crippen molar-refractivity contribution in [2.45, 2.75) is 77.7 Å². The van der Waals surface area contributed by atoms with Crippen LogP contribution in [0.2, 0.25) is 0 Å². The van der Waals surface area contributed by atoms with Crippen LogP contribution >= 0.6 is 0 Å². The zero-order chi connectivity index (χ0) is 14.5. The number of hydrogen-bond donors (Lipinski definition) is 1. The smallest absolute Gasteiger partial charge is 0.342 e. The third-order valence-electron chi connectivity index (χ3n) is 2.81. The van der Waals surface area contributed by atoms with Crippen LogP contribution in [0, 0.1) is 0 Å². The molecule has 0 aliphatic rings. The molecule has 5 heteroatoms. The molecule has 1 N–H and O–H groups in total. The number of carbonyl (C=O) groups excluding carboxylic acids is 1. The van der Waals surface area contributed by atoms with Crippen LogP contribution in [0.25, 0.3) is 0 Å². The fourth-order valence-corrected chi connectivity index (χ4v) is 1.65. The van der Waals surface area contributed by atoms with Crippen LogP contribution in [0.4, 0.5) is 0 Å². The Morgan fingerprint density at radius 3 is 2.32 bits per heavy atom. The van der Waals surface area contributed by atoms with E-state index in [0.29, 0.717) is 0 Å². The number of hydrogen-bond acceptors (Lipinski definition) is 4. The second kappa shape index (κ2) is 12.0. The summed E-state index contributed by atoms with van der Waals surface area (Å²) in [5.74, 6) is -1.64. The monoisotopic (exact) mass is 274 g/mol. The standard InChI is InChI=1S/C14H26O5/c1-3-4-5-6-7-8-9-12(2)18-19-14(17)11-10-13(15)16/h12H,3-11H2,1-2H3,(H,15,16). The van der Waals surface area contributed by atoms with Gasteiger partial charge in [-0.1, -0.05) is 45.4 Å². The number of aliphatic carboxylic acids is 1. The maximum absolute atomic E-state index is 11.1. The summed E-state index contributed by atoms with van der Waals surface area (Å²) in [5, 5.41) is 8.40. The summed E-state index contributed by atoms with van der Waals surface area (Å²) < 4.78 is 0. The predicted molar refractivity (Wildman–Crippen MR) is 71.5 cm³/mol. The lowest BCUT2D eigenvalue weighted by atomic mass is 10.1. The summed E-state index contributed by atoms with van der Waals surface area (Å²) in [6.07, 6.45) is 7.58. The van der Waals surface area contributed by atoms with E-state index in [-0.39, 0.29) is 18.9 Å². The number of carboxylic acids is 1. The Hall–Kier alpha value is -1.10. The van der Waals surface area contributed by atoms with Crippen LogP contribution in [-0.2, 0) is 19.4 Å². The first-order chi connectivity index (χ1) is 9.06. The van der Waals surface area contributed by atoms with E-state index in [1.807, 2.05) is 6.92 Å². The van der Waals surface area contributed by atoms with Crippen molar-refractivity contribution in [3.63, 3.8) is 0 Å². The van der Waals surface area contributed by atoms with Gasteiger partial charge in [-0.05, 0) is 13.3 Å². The van der Waals surface area contributed by atoms with Gasteiger partial charge in [0, 0.05) is 0 Å². The maximum Gasteiger partial charge on any atom is 0.342 e. The summed E-state index contributed by atoms with van der Waals surface area (Å²) in [6.45, 7) is 4.03. The number of rotatable bonds is 12. The first-order valence-electron chi connectivity index (χ1n) is 7.14. The van der Waals surface area contributed by atoms with Gasteiger partial charge in [0.15, 0.2) is 0 Å². The van der Waals surface area contributed by atoms with Crippen molar-refractivity contribution < 1.29 is 24.5 Å². The van der Waals surface area contributed by atoms with Gasteiger partial charge in [0.05, 0.1) is 12.8 Å². The van der Waals surface area contributed by atoms with Gasteiger partial charge >= 0.3 is 11.9 Å². The average Bonchev–Trinajstić information content (AvgIpc) is 2.38. The van der Waals surface area contributed by atoms with Crippen molar-refractivity contribution >= 4 is 11.9 Å². The number of carbonyl (C=O) groups is 2. The van der Waals surface area contributed by atoms with Gasteiger partial charge in [0.1, 0.15) is 6.10 Å². The van der Waals surface area contributed by atoms with Crippen LogP contribution in [0.15, 0.2) is 0 Å². The topological polar surface area (TPSA) is 72.8 Å². The van der Waals surface area contributed by atoms with E-state index in [2.05, 4.69) is 11.8 Å². The molecule has 5 nitrogen and oxygen atoms in total. The predicted octanol–water partition coefficient (Wildman–Crippen LogP) is 3.47. The Bertz CT molecular complexity index is 252. The average molecular weight is 274 g/mol. The van der Waals surface area contributed by atoms with Crippen LogP contribution in [0.5, 0.6) is 0 Å². The largest absolute Gasteiger partial charge is 0.481 e. The normalized spacial score (nSPS) is 12.1. The van der Waals surface area contributed by atoms with Crippen molar-refractivity contribution in [1.82, 2.24) is 0 Å². The van der Waals surface area contributed by atoms with E-state index in [1.165, 1.54) is 32.1 Å². The van der Waals surface area contributed by atoms with Gasteiger partial charge in [-0.15, -0.1) is 0 Å². The molecular weight excluding hydrogens is 248 g/mol. The van der Waals surface area contributed by atoms with E-state index in [4.69, 9.17) is 9.99 Å². The van der Waals surface area contributed by atoms with Crippen LogP contribution in [-0.4, -0.2) is 23.1 Å². The molecule has 0 rings (SSSR count). The Morgan fingerprint density at radius 1 is 1.05 bits per heavy atom. The quantitative estimate of drug-likeness (QED) is 0.335. The lowest BCUT2D eigenvalue weighted by molar-refractivity contribution is -0.295. The SMILES string of the molecule is CCCCCCCCC(C)OOC(=O)CCC(=O)O. The van der Waals surface area contributed by atoms with Crippen molar-refractivity contribution in [1.29, 1.82) is 0 Å². The van der Waals surface area contributed by atoms with Crippen LogP contribution in [0.3, 0.4) is 0 Å². The molecule has 0 aromatic rings. The third kappa shape index (κ3) is 13.1. The molecule has 0 aromatic carbocycles. The lowest BCUT2D eigenvalue weighted by Gasteiger charge is -2.10. The molecule has 19 heavy (non-hydrogen) atoms. The molecule has 0 heterocycles. The molecule has 0 aliphatic carbocycles. The minimum absolute atomic E-state index is 0.139. The summed E-state index contributed by atoms with van der Waals surface area (Å²) in [5.41, 5.74) is 0. The molecule has 1 atom stereocenters. The maximum atomic E-state index is 11.1. The van der Waals surface area contributed by atoms with E-state index < -0.39 is 11.9 Å². The minimum Gasteiger partial charge on any atom is -0.481 e. The van der Waals surface area contributed by atoms with Crippen molar-refractivity contribution in [3.05, 3.63) is 0 Å². The molecule has 0 saturated heterocycles. The third-order valence-corrected chi connectivity index (χ3v) is 2.81. The van der Waals surface area contributed by atoms with Gasteiger partial charge in [-0.25, -0.2) is 4.79 Å². The second-order valence-electron chi connectivity index (χ2n) is 4.81. The molecule has 0 bridgehead atoms. The zero-order valence-electron chi connectivity index (χ0n) is 12.0. The van der Waals surface area contributed by atoms with Crippen molar-refractivity contribution in [3.8, 4) is 0 Å². The van der Waals surface area contributed by atoms with Crippen molar-refractivity contribution in [2.75, 3.05) is 0 Å². The molecule has 0 aliphatic heterocycles. The highest BCUT2D eigenvalue weighted by atomic mass is 17.2. The number of carboxylic acid groups (broad SMARTS) is 1. The molecule has 0 radical (unpaired) electrons. The molecule has 1 unspecified atom stereocenters. The highest BCUT2D eigenvalue weighted by Crippen LogP contribution is 2.10.